The minimum absolute atomic E-state index is 0.0221. The highest BCUT2D eigenvalue weighted by Gasteiger charge is 2.26. The molecule has 2 aliphatic rings. The van der Waals surface area contributed by atoms with Crippen molar-refractivity contribution >= 4 is 27.7 Å². The SMILES string of the molecule is COc1ccc(C(=O)N2CCN(CC(=O)N3CCCC3)CC2)cc1Br. The second kappa shape index (κ2) is 8.19. The van der Waals surface area contributed by atoms with E-state index in [0.717, 1.165) is 43.5 Å². The summed E-state index contributed by atoms with van der Waals surface area (Å²) < 4.78 is 5.98. The molecular weight excluding hydrogens is 386 g/mol. The molecule has 1 aromatic rings. The molecular formula is C18H24BrN3O3. The molecule has 7 heteroatoms. The molecule has 0 spiro atoms. The number of benzene rings is 1. The quantitative estimate of drug-likeness (QED) is 0.760. The Bertz CT molecular complexity index is 638. The van der Waals surface area contributed by atoms with Gasteiger partial charge in [0.2, 0.25) is 5.91 Å². The van der Waals surface area contributed by atoms with Crippen molar-refractivity contribution in [2.45, 2.75) is 12.8 Å². The summed E-state index contributed by atoms with van der Waals surface area (Å²) in [5.41, 5.74) is 0.647. The Kier molecular flexibility index (Phi) is 5.96. The van der Waals surface area contributed by atoms with Crippen molar-refractivity contribution in [2.24, 2.45) is 0 Å². The maximum atomic E-state index is 12.7. The molecule has 0 atom stereocenters. The Morgan fingerprint density at radius 3 is 2.32 bits per heavy atom. The van der Waals surface area contributed by atoms with Crippen molar-refractivity contribution in [3.63, 3.8) is 0 Å². The molecule has 0 N–H and O–H groups in total. The van der Waals surface area contributed by atoms with Crippen LogP contribution in [0.5, 0.6) is 5.75 Å². The van der Waals surface area contributed by atoms with Crippen LogP contribution in [-0.4, -0.2) is 79.4 Å². The first-order valence-electron chi connectivity index (χ1n) is 8.71. The predicted molar refractivity (Wildman–Crippen MR) is 98.9 cm³/mol. The summed E-state index contributed by atoms with van der Waals surface area (Å²) in [7, 11) is 1.60. The van der Waals surface area contributed by atoms with Crippen LogP contribution in [0, 0.1) is 0 Å². The molecule has 0 saturated carbocycles. The van der Waals surface area contributed by atoms with Gasteiger partial charge in [0.15, 0.2) is 0 Å². The molecule has 25 heavy (non-hydrogen) atoms. The fourth-order valence-electron chi connectivity index (χ4n) is 3.35. The summed E-state index contributed by atoms with van der Waals surface area (Å²) in [5, 5.41) is 0. The summed E-state index contributed by atoms with van der Waals surface area (Å²) in [6.45, 7) is 5.03. The van der Waals surface area contributed by atoms with Crippen molar-refractivity contribution in [3.8, 4) is 5.75 Å². The van der Waals surface area contributed by atoms with E-state index in [1.54, 1.807) is 25.3 Å². The van der Waals surface area contributed by atoms with Gasteiger partial charge >= 0.3 is 0 Å². The third kappa shape index (κ3) is 4.33. The highest BCUT2D eigenvalue weighted by molar-refractivity contribution is 9.10. The van der Waals surface area contributed by atoms with Gasteiger partial charge in [0, 0.05) is 44.8 Å². The molecule has 0 aliphatic carbocycles. The van der Waals surface area contributed by atoms with Crippen molar-refractivity contribution < 1.29 is 14.3 Å². The van der Waals surface area contributed by atoms with Gasteiger partial charge < -0.3 is 14.5 Å². The first-order valence-corrected chi connectivity index (χ1v) is 9.50. The number of likely N-dealkylation sites (tertiary alicyclic amines) is 1. The number of carbonyl (C=O) groups excluding carboxylic acids is 2. The Balaban J connectivity index is 1.52. The van der Waals surface area contributed by atoms with E-state index in [4.69, 9.17) is 4.74 Å². The van der Waals surface area contributed by atoms with Gasteiger partial charge in [-0.3, -0.25) is 14.5 Å². The fraction of sp³-hybridized carbons (Fsp3) is 0.556. The smallest absolute Gasteiger partial charge is 0.253 e. The van der Waals surface area contributed by atoms with Crippen LogP contribution in [0.4, 0.5) is 0 Å². The molecule has 2 fully saturated rings. The van der Waals surface area contributed by atoms with E-state index in [0.29, 0.717) is 30.9 Å². The number of nitrogens with zero attached hydrogens (tertiary/aromatic N) is 3. The lowest BCUT2D eigenvalue weighted by atomic mass is 10.1. The van der Waals surface area contributed by atoms with Crippen LogP contribution in [0.1, 0.15) is 23.2 Å². The molecule has 2 heterocycles. The molecule has 1 aromatic carbocycles. The average Bonchev–Trinajstić information content (AvgIpc) is 3.16. The van der Waals surface area contributed by atoms with E-state index >= 15 is 0 Å². The van der Waals surface area contributed by atoms with Crippen LogP contribution in [0.2, 0.25) is 0 Å². The number of methoxy groups -OCH3 is 1. The standard InChI is InChI=1S/C18H24BrN3O3/c1-25-16-5-4-14(12-15(16)19)18(24)22-10-8-20(9-11-22)13-17(23)21-6-2-3-7-21/h4-5,12H,2-3,6-11,13H2,1H3. The largest absolute Gasteiger partial charge is 0.496 e. The van der Waals surface area contributed by atoms with Gasteiger partial charge in [-0.1, -0.05) is 0 Å². The number of rotatable bonds is 4. The van der Waals surface area contributed by atoms with Crippen molar-refractivity contribution in [1.82, 2.24) is 14.7 Å². The van der Waals surface area contributed by atoms with Crippen LogP contribution in [0.15, 0.2) is 22.7 Å². The van der Waals surface area contributed by atoms with Crippen LogP contribution in [0.25, 0.3) is 0 Å². The lowest BCUT2D eigenvalue weighted by Crippen LogP contribution is -2.51. The zero-order valence-electron chi connectivity index (χ0n) is 14.5. The molecule has 2 aliphatic heterocycles. The van der Waals surface area contributed by atoms with E-state index in [2.05, 4.69) is 20.8 Å². The maximum Gasteiger partial charge on any atom is 0.253 e. The molecule has 2 saturated heterocycles. The summed E-state index contributed by atoms with van der Waals surface area (Å²) >= 11 is 3.42. The summed E-state index contributed by atoms with van der Waals surface area (Å²) in [6.07, 6.45) is 2.23. The van der Waals surface area contributed by atoms with Gasteiger partial charge in [0.1, 0.15) is 5.75 Å². The van der Waals surface area contributed by atoms with Crippen molar-refractivity contribution in [1.29, 1.82) is 0 Å². The summed E-state index contributed by atoms with van der Waals surface area (Å²) in [6, 6.07) is 5.38. The molecule has 6 nitrogen and oxygen atoms in total. The van der Waals surface area contributed by atoms with E-state index in [1.807, 2.05) is 9.80 Å². The number of hydrogen-bond acceptors (Lipinski definition) is 4. The molecule has 0 radical (unpaired) electrons. The van der Waals surface area contributed by atoms with Gasteiger partial charge in [0.25, 0.3) is 5.91 Å². The second-order valence-corrected chi connectivity index (χ2v) is 7.36. The molecule has 2 amide bonds. The monoisotopic (exact) mass is 409 g/mol. The second-order valence-electron chi connectivity index (χ2n) is 6.51. The normalized spacial score (nSPS) is 18.5. The molecule has 136 valence electrons. The van der Waals surface area contributed by atoms with Gasteiger partial charge in [-0.15, -0.1) is 0 Å². The zero-order valence-corrected chi connectivity index (χ0v) is 16.1. The molecule has 0 unspecified atom stereocenters. The van der Waals surface area contributed by atoms with Crippen LogP contribution in [0.3, 0.4) is 0 Å². The summed E-state index contributed by atoms with van der Waals surface area (Å²) in [5.74, 6) is 0.951. The van der Waals surface area contributed by atoms with E-state index in [-0.39, 0.29) is 11.8 Å². The minimum atomic E-state index is 0.0221. The Labute approximate surface area is 156 Å². The third-order valence-electron chi connectivity index (χ3n) is 4.88. The molecule has 0 aromatic heterocycles. The van der Waals surface area contributed by atoms with Crippen LogP contribution in [-0.2, 0) is 4.79 Å². The topological polar surface area (TPSA) is 53.1 Å². The highest BCUT2D eigenvalue weighted by Crippen LogP contribution is 2.26. The lowest BCUT2D eigenvalue weighted by molar-refractivity contribution is -0.131. The van der Waals surface area contributed by atoms with Crippen LogP contribution < -0.4 is 4.74 Å². The van der Waals surface area contributed by atoms with E-state index in [1.165, 1.54) is 0 Å². The van der Waals surface area contributed by atoms with Crippen molar-refractivity contribution in [2.75, 3.05) is 52.9 Å². The minimum Gasteiger partial charge on any atom is -0.496 e. The van der Waals surface area contributed by atoms with Crippen molar-refractivity contribution in [3.05, 3.63) is 28.2 Å². The Morgan fingerprint density at radius 2 is 1.72 bits per heavy atom. The fourth-order valence-corrected chi connectivity index (χ4v) is 3.89. The van der Waals surface area contributed by atoms with Gasteiger partial charge in [-0.25, -0.2) is 0 Å². The number of halogens is 1. The molecule has 3 rings (SSSR count). The number of piperazine rings is 1. The van der Waals surface area contributed by atoms with E-state index in [9.17, 15) is 9.59 Å². The van der Waals surface area contributed by atoms with Gasteiger partial charge in [-0.2, -0.15) is 0 Å². The number of carbonyl (C=O) groups is 2. The number of amides is 2. The van der Waals surface area contributed by atoms with E-state index < -0.39 is 0 Å². The van der Waals surface area contributed by atoms with Gasteiger partial charge in [-0.05, 0) is 47.0 Å². The lowest BCUT2D eigenvalue weighted by Gasteiger charge is -2.35. The predicted octanol–water partition coefficient (Wildman–Crippen LogP) is 1.84. The number of ether oxygens (including phenoxy) is 1. The zero-order chi connectivity index (χ0) is 17.8. The first-order chi connectivity index (χ1) is 12.1. The van der Waals surface area contributed by atoms with Gasteiger partial charge in [0.05, 0.1) is 18.1 Å². The summed E-state index contributed by atoms with van der Waals surface area (Å²) in [4.78, 5) is 30.8. The highest BCUT2D eigenvalue weighted by atomic mass is 79.9. The number of hydrogen-bond donors (Lipinski definition) is 0. The van der Waals surface area contributed by atoms with Crippen LogP contribution >= 0.6 is 15.9 Å². The first kappa shape index (κ1) is 18.2. The average molecular weight is 410 g/mol. The third-order valence-corrected chi connectivity index (χ3v) is 5.50. The Hall–Kier alpha value is -1.60. The maximum absolute atomic E-state index is 12.7. The molecule has 0 bridgehead atoms. The Morgan fingerprint density at radius 1 is 1.04 bits per heavy atom.